The van der Waals surface area contributed by atoms with Gasteiger partial charge in [0.1, 0.15) is 17.9 Å². The quantitative estimate of drug-likeness (QED) is 0.0667. The average molecular weight is 753 g/mol. The molecule has 4 rings (SSSR count). The van der Waals surface area contributed by atoms with Crippen LogP contribution in [0.1, 0.15) is 33.5 Å². The summed E-state index contributed by atoms with van der Waals surface area (Å²) in [4.78, 5) is 71.6. The molecule has 3 atom stereocenters. The number of alkyl halides is 3. The zero-order chi connectivity index (χ0) is 40.2. The summed E-state index contributed by atoms with van der Waals surface area (Å²) in [7, 11) is 0. The van der Waals surface area contributed by atoms with Crippen molar-refractivity contribution in [1.82, 2.24) is 10.6 Å². The highest BCUT2D eigenvalue weighted by molar-refractivity contribution is 6.01. The monoisotopic (exact) mass is 752 g/mol. The number of nitrogen functional groups attached to an aromatic ring is 1. The molecule has 0 aliphatic rings. The summed E-state index contributed by atoms with van der Waals surface area (Å²) < 4.78 is 31.7. The van der Waals surface area contributed by atoms with Crippen molar-refractivity contribution < 1.29 is 57.3 Å². The molecule has 0 saturated heterocycles. The minimum atomic E-state index is -5.08. The molecular formula is C36H35F3N6O9. The zero-order valence-electron chi connectivity index (χ0n) is 28.1. The first-order valence-corrected chi connectivity index (χ1v) is 15.8. The Morgan fingerprint density at radius 1 is 0.741 bits per heavy atom. The van der Waals surface area contributed by atoms with Crippen LogP contribution in [0.15, 0.2) is 91.0 Å². The Morgan fingerprint density at radius 3 is 1.94 bits per heavy atom. The highest BCUT2D eigenvalue weighted by Crippen LogP contribution is 2.20. The van der Waals surface area contributed by atoms with Crippen molar-refractivity contribution in [3.05, 3.63) is 113 Å². The number of hydrogen-bond donors (Lipinski definition) is 9. The molecule has 0 unspecified atom stereocenters. The molecule has 4 aromatic rings. The lowest BCUT2D eigenvalue weighted by atomic mass is 9.98. The number of amides is 3. The van der Waals surface area contributed by atoms with Gasteiger partial charge < -0.3 is 42.7 Å². The summed E-state index contributed by atoms with van der Waals surface area (Å²) in [5, 5.41) is 42.9. The molecule has 0 radical (unpaired) electrons. The van der Waals surface area contributed by atoms with Crippen LogP contribution < -0.4 is 27.4 Å². The molecule has 284 valence electrons. The number of halogens is 3. The van der Waals surface area contributed by atoms with E-state index in [1.165, 1.54) is 24.3 Å². The minimum Gasteiger partial charge on any atom is -0.481 e. The summed E-state index contributed by atoms with van der Waals surface area (Å²) in [6.45, 7) is 0. The van der Waals surface area contributed by atoms with Crippen LogP contribution in [0.2, 0.25) is 0 Å². The summed E-state index contributed by atoms with van der Waals surface area (Å²) in [6, 6.07) is 21.2. The Morgan fingerprint density at radius 2 is 1.35 bits per heavy atom. The molecule has 0 aromatic heterocycles. The Bertz CT molecular complexity index is 2040. The normalized spacial score (nSPS) is 12.5. The number of aliphatic carboxylic acids is 3. The molecule has 3 amide bonds. The van der Waals surface area contributed by atoms with Crippen molar-refractivity contribution in [2.75, 3.05) is 5.32 Å². The number of carbonyl (C=O) groups excluding carboxylic acids is 3. The number of hydrogen-bond acceptors (Lipinski definition) is 8. The van der Waals surface area contributed by atoms with Gasteiger partial charge in [-0.2, -0.15) is 13.2 Å². The van der Waals surface area contributed by atoms with E-state index in [2.05, 4.69) is 16.0 Å². The van der Waals surface area contributed by atoms with Crippen LogP contribution in [0.3, 0.4) is 0 Å². The van der Waals surface area contributed by atoms with Crippen LogP contribution in [0.25, 0.3) is 10.8 Å². The average Bonchev–Trinajstić information content (AvgIpc) is 3.11. The van der Waals surface area contributed by atoms with Crippen LogP contribution in [-0.4, -0.2) is 81.1 Å². The second kappa shape index (κ2) is 18.6. The van der Waals surface area contributed by atoms with E-state index in [0.717, 1.165) is 16.3 Å². The third kappa shape index (κ3) is 12.4. The standard InChI is InChI=1S/C34H34N6O7.C2HF3O2/c35-26(15-19-11-13-21(14-12-19)30(36)37)32(44)38-24-9-4-8-23(16-24)31(43)39-27(18-29(41)42)33(45)40-28(34(46)47)17-22-7-3-6-20-5-1-2-10-25(20)22;3-2(4,5)1(6)7/h1-14,16,26-28H,15,17-18,35H2,(H3,36,37)(H,38,44)(H,39,43)(H,40,45)(H,41,42)(H,46,47);(H,6,7)/t26-,27-,28-;/m0./s1. The van der Waals surface area contributed by atoms with Crippen LogP contribution in [0.5, 0.6) is 0 Å². The van der Waals surface area contributed by atoms with Crippen LogP contribution in [0.4, 0.5) is 18.9 Å². The maximum Gasteiger partial charge on any atom is 0.490 e. The van der Waals surface area contributed by atoms with Crippen molar-refractivity contribution in [2.45, 2.75) is 43.6 Å². The first kappa shape index (κ1) is 41.6. The molecule has 0 heterocycles. The van der Waals surface area contributed by atoms with Gasteiger partial charge in [-0.1, -0.05) is 72.8 Å². The lowest BCUT2D eigenvalue weighted by molar-refractivity contribution is -0.192. The Labute approximate surface area is 304 Å². The summed E-state index contributed by atoms with van der Waals surface area (Å²) in [5.41, 5.74) is 13.7. The number of carboxylic acid groups (broad SMARTS) is 3. The topological polar surface area (TPSA) is 275 Å². The predicted octanol–water partition coefficient (Wildman–Crippen LogP) is 2.65. The van der Waals surface area contributed by atoms with Gasteiger partial charge in [0.05, 0.1) is 12.5 Å². The third-order valence-electron chi connectivity index (χ3n) is 7.61. The van der Waals surface area contributed by atoms with E-state index < -0.39 is 66.4 Å². The van der Waals surface area contributed by atoms with Gasteiger partial charge in [-0.3, -0.25) is 24.6 Å². The number of nitrogens with one attached hydrogen (secondary N) is 4. The zero-order valence-corrected chi connectivity index (χ0v) is 28.1. The predicted molar refractivity (Wildman–Crippen MR) is 189 cm³/mol. The molecule has 0 aliphatic carbocycles. The molecule has 11 N–H and O–H groups in total. The second-order valence-electron chi connectivity index (χ2n) is 11.7. The highest BCUT2D eigenvalue weighted by Gasteiger charge is 2.38. The smallest absolute Gasteiger partial charge is 0.481 e. The van der Waals surface area contributed by atoms with Crippen molar-refractivity contribution >= 4 is 57.9 Å². The van der Waals surface area contributed by atoms with Gasteiger partial charge in [-0.25, -0.2) is 9.59 Å². The van der Waals surface area contributed by atoms with E-state index in [9.17, 15) is 47.4 Å². The molecule has 0 aliphatic heterocycles. The molecule has 18 heteroatoms. The Balaban J connectivity index is 0.00000102. The largest absolute Gasteiger partial charge is 0.490 e. The highest BCUT2D eigenvalue weighted by atomic mass is 19.4. The van der Waals surface area contributed by atoms with Crippen molar-refractivity contribution in [1.29, 1.82) is 5.41 Å². The number of rotatable bonds is 14. The Hall–Kier alpha value is -6.82. The summed E-state index contributed by atoms with van der Waals surface area (Å²) in [5.74, 6) is -7.91. The van der Waals surface area contributed by atoms with Gasteiger partial charge in [-0.15, -0.1) is 0 Å². The first-order chi connectivity index (χ1) is 25.3. The molecule has 0 fully saturated rings. The number of amidine groups is 1. The maximum atomic E-state index is 13.2. The molecule has 4 aromatic carbocycles. The fraction of sp³-hybridized carbons (Fsp3) is 0.194. The molecule has 0 saturated carbocycles. The molecule has 15 nitrogen and oxygen atoms in total. The number of nitrogens with two attached hydrogens (primary N) is 2. The van der Waals surface area contributed by atoms with Crippen LogP contribution in [-0.2, 0) is 36.8 Å². The van der Waals surface area contributed by atoms with Crippen LogP contribution in [0, 0.1) is 5.41 Å². The number of anilines is 1. The second-order valence-corrected chi connectivity index (χ2v) is 11.7. The SMILES string of the molecule is N=C(N)c1ccc(C[C@H](N)C(=O)Nc2cccc(C(=O)N[C@@H](CC(=O)O)C(=O)N[C@@H](Cc3cccc4ccccc34)C(=O)O)c2)cc1.O=C(O)C(F)(F)F. The van der Waals surface area contributed by atoms with Gasteiger partial charge in [-0.05, 0) is 46.5 Å². The molecule has 54 heavy (non-hydrogen) atoms. The van der Waals surface area contributed by atoms with Crippen molar-refractivity contribution in [2.24, 2.45) is 11.5 Å². The number of carbonyl (C=O) groups is 6. The van der Waals surface area contributed by atoms with Gasteiger partial charge >= 0.3 is 24.1 Å². The van der Waals surface area contributed by atoms with Crippen molar-refractivity contribution in [3.8, 4) is 0 Å². The summed E-state index contributed by atoms with van der Waals surface area (Å²) >= 11 is 0. The van der Waals surface area contributed by atoms with Gasteiger partial charge in [0.15, 0.2) is 0 Å². The fourth-order valence-corrected chi connectivity index (χ4v) is 4.93. The van der Waals surface area contributed by atoms with E-state index >= 15 is 0 Å². The van der Waals surface area contributed by atoms with Crippen LogP contribution >= 0.6 is 0 Å². The lowest BCUT2D eigenvalue weighted by Gasteiger charge is -2.21. The van der Waals surface area contributed by atoms with Gasteiger partial charge in [0.25, 0.3) is 5.91 Å². The molecule has 0 bridgehead atoms. The van der Waals surface area contributed by atoms with E-state index in [1.807, 2.05) is 30.3 Å². The van der Waals surface area contributed by atoms with E-state index in [4.69, 9.17) is 26.8 Å². The van der Waals surface area contributed by atoms with E-state index in [0.29, 0.717) is 11.1 Å². The maximum absolute atomic E-state index is 13.2. The molecular weight excluding hydrogens is 717 g/mol. The number of carboxylic acids is 3. The van der Waals surface area contributed by atoms with Gasteiger partial charge in [0.2, 0.25) is 11.8 Å². The van der Waals surface area contributed by atoms with Crippen molar-refractivity contribution in [3.63, 3.8) is 0 Å². The number of fused-ring (bicyclic) bond motifs is 1. The number of benzene rings is 4. The Kier molecular flexibility index (Phi) is 14.3. The van der Waals surface area contributed by atoms with E-state index in [1.54, 1.807) is 36.4 Å². The molecule has 0 spiro atoms. The summed E-state index contributed by atoms with van der Waals surface area (Å²) in [6.07, 6.45) is -5.78. The first-order valence-electron chi connectivity index (χ1n) is 15.8. The minimum absolute atomic E-state index is 0.00456. The third-order valence-corrected chi connectivity index (χ3v) is 7.61. The lowest BCUT2D eigenvalue weighted by Crippen LogP contribution is -2.53. The van der Waals surface area contributed by atoms with Gasteiger partial charge in [0, 0.05) is 23.2 Å². The fourth-order valence-electron chi connectivity index (χ4n) is 4.93. The van der Waals surface area contributed by atoms with E-state index in [-0.39, 0.29) is 29.9 Å².